The van der Waals surface area contributed by atoms with Crippen molar-refractivity contribution >= 4 is 34.0 Å². The van der Waals surface area contributed by atoms with Crippen molar-refractivity contribution in [2.24, 2.45) is 0 Å². The van der Waals surface area contributed by atoms with Gasteiger partial charge in [-0.05, 0) is 49.7 Å². The van der Waals surface area contributed by atoms with Crippen molar-refractivity contribution in [2.75, 3.05) is 10.6 Å². The van der Waals surface area contributed by atoms with Crippen LogP contribution in [0.15, 0.2) is 84.2 Å². The molecule has 0 spiro atoms. The minimum absolute atomic E-state index is 0.0399. The Balaban J connectivity index is 1.42. The zero-order valence-corrected chi connectivity index (χ0v) is 21.1. The molecule has 6 rings (SSSR count). The van der Waals surface area contributed by atoms with Crippen LogP contribution >= 0.6 is 0 Å². The van der Waals surface area contributed by atoms with Gasteiger partial charge in [0.05, 0.1) is 22.7 Å². The van der Waals surface area contributed by atoms with Crippen LogP contribution in [0.4, 0.5) is 11.5 Å². The number of rotatable bonds is 6. The molecule has 2 aromatic carbocycles. The highest BCUT2D eigenvalue weighted by Gasteiger charge is 2.23. The molecule has 11 heteroatoms. The van der Waals surface area contributed by atoms with Gasteiger partial charge < -0.3 is 20.7 Å². The molecule has 0 unspecified atom stereocenters. The molecule has 6 aromatic rings. The maximum absolute atomic E-state index is 13.7. The molecule has 0 aliphatic rings. The lowest BCUT2D eigenvalue weighted by Crippen LogP contribution is -2.29. The van der Waals surface area contributed by atoms with Crippen molar-refractivity contribution in [1.82, 2.24) is 29.1 Å². The maximum Gasteiger partial charge on any atom is 0.282 e. The number of H-pyrrole nitrogens is 1. The van der Waals surface area contributed by atoms with E-state index in [2.05, 4.69) is 25.6 Å². The second-order valence-electron chi connectivity index (χ2n) is 9.14. The van der Waals surface area contributed by atoms with Crippen LogP contribution in [0.2, 0.25) is 0 Å². The quantitative estimate of drug-likeness (QED) is 0.258. The molecular weight excluding hydrogens is 496 g/mol. The number of para-hydroxylation sites is 1. The summed E-state index contributed by atoms with van der Waals surface area (Å²) in [5, 5.41) is 21.1. The van der Waals surface area contributed by atoms with E-state index >= 15 is 0 Å². The van der Waals surface area contributed by atoms with E-state index in [4.69, 9.17) is 5.10 Å². The van der Waals surface area contributed by atoms with Crippen molar-refractivity contribution in [2.45, 2.75) is 19.9 Å². The van der Waals surface area contributed by atoms with E-state index in [9.17, 15) is 14.7 Å². The summed E-state index contributed by atoms with van der Waals surface area (Å²) in [4.78, 5) is 38.6. The van der Waals surface area contributed by atoms with Gasteiger partial charge in [0.1, 0.15) is 29.1 Å². The van der Waals surface area contributed by atoms with Crippen LogP contribution in [0.3, 0.4) is 0 Å². The number of benzene rings is 2. The summed E-state index contributed by atoms with van der Waals surface area (Å²) in [6, 6.07) is 17.0. The van der Waals surface area contributed by atoms with E-state index < -0.39 is 11.9 Å². The Kier molecular flexibility index (Phi) is 5.80. The van der Waals surface area contributed by atoms with Crippen molar-refractivity contribution in [1.29, 1.82) is 0 Å². The Morgan fingerprint density at radius 2 is 1.90 bits per heavy atom. The first-order valence-electron chi connectivity index (χ1n) is 12.3. The molecule has 4 heterocycles. The predicted octanol–water partition coefficient (Wildman–Crippen LogP) is 4.20. The molecule has 194 valence electrons. The molecule has 0 aliphatic carbocycles. The summed E-state index contributed by atoms with van der Waals surface area (Å²) in [5.74, 6) is 0.494. The Morgan fingerprint density at radius 1 is 1.08 bits per heavy atom. The van der Waals surface area contributed by atoms with E-state index in [0.717, 1.165) is 5.56 Å². The van der Waals surface area contributed by atoms with Crippen molar-refractivity contribution in [3.05, 3.63) is 107 Å². The number of nitrogens with one attached hydrogen (secondary N) is 3. The van der Waals surface area contributed by atoms with Crippen molar-refractivity contribution in [3.8, 4) is 11.4 Å². The van der Waals surface area contributed by atoms with Gasteiger partial charge in [0.25, 0.3) is 11.5 Å². The van der Waals surface area contributed by atoms with Crippen LogP contribution in [0.1, 0.15) is 34.7 Å². The maximum atomic E-state index is 13.7. The fraction of sp³-hybridized carbons (Fsp3) is 0.107. The number of amides is 1. The van der Waals surface area contributed by atoms with E-state index in [-0.39, 0.29) is 11.3 Å². The zero-order chi connectivity index (χ0) is 27.1. The Bertz CT molecular complexity index is 1910. The van der Waals surface area contributed by atoms with Crippen molar-refractivity contribution < 1.29 is 9.90 Å². The van der Waals surface area contributed by atoms with Gasteiger partial charge >= 0.3 is 0 Å². The monoisotopic (exact) mass is 520 g/mol. The number of carbonyl (C=O) groups is 1. The number of fused-ring (bicyclic) bond motifs is 2. The van der Waals surface area contributed by atoms with E-state index in [0.29, 0.717) is 45.1 Å². The summed E-state index contributed by atoms with van der Waals surface area (Å²) in [7, 11) is 0. The van der Waals surface area contributed by atoms with Crippen LogP contribution in [0, 0.1) is 6.92 Å². The van der Waals surface area contributed by atoms with Crippen LogP contribution < -0.4 is 16.2 Å². The van der Waals surface area contributed by atoms with Crippen LogP contribution in [0.25, 0.3) is 22.2 Å². The molecule has 4 N–H and O–H groups in total. The van der Waals surface area contributed by atoms with Gasteiger partial charge in [-0.25, -0.2) is 14.5 Å². The summed E-state index contributed by atoms with van der Waals surface area (Å²) < 4.78 is 3.18. The summed E-state index contributed by atoms with van der Waals surface area (Å²) in [6.07, 6.45) is 4.71. The summed E-state index contributed by atoms with van der Waals surface area (Å²) in [6.45, 7) is 3.75. The molecule has 11 nitrogen and oxygen atoms in total. The van der Waals surface area contributed by atoms with E-state index in [1.807, 2.05) is 50.2 Å². The number of aryl methyl sites for hydroxylation is 1. The van der Waals surface area contributed by atoms with Gasteiger partial charge in [-0.15, -0.1) is 0 Å². The number of hydrogen-bond donors (Lipinski definition) is 4. The molecule has 0 fully saturated rings. The average Bonchev–Trinajstić information content (AvgIpc) is 3.53. The highest BCUT2D eigenvalue weighted by Crippen LogP contribution is 2.28. The Hall–Kier alpha value is -5.45. The number of hydrogen-bond acceptors (Lipinski definition) is 7. The van der Waals surface area contributed by atoms with Crippen LogP contribution in [-0.2, 0) is 0 Å². The lowest BCUT2D eigenvalue weighted by Gasteiger charge is -2.20. The third-order valence-electron chi connectivity index (χ3n) is 6.49. The summed E-state index contributed by atoms with van der Waals surface area (Å²) >= 11 is 0. The standard InChI is InChI=1S/C28H24N8O3/c1-16-11-12-35-23(16)28(39)36(19-8-4-3-5-9-19)26(34-35)17(2)32-25-22-21(14-29-24(22)30-15-31-25)27(38)33-18-7-6-10-20(37)13-18/h3-15,17,37H,1-2H3,(H,33,38)(H2,29,30,31,32)/t17-/m0/s1. The molecule has 1 atom stereocenters. The molecule has 0 aliphatic heterocycles. The van der Waals surface area contributed by atoms with Crippen molar-refractivity contribution in [3.63, 3.8) is 0 Å². The average molecular weight is 521 g/mol. The lowest BCUT2D eigenvalue weighted by molar-refractivity contribution is 0.102. The van der Waals surface area contributed by atoms with E-state index in [1.54, 1.807) is 33.6 Å². The number of aromatic hydroxyl groups is 1. The number of aromatic amines is 1. The molecule has 0 radical (unpaired) electrons. The number of phenolic OH excluding ortho intramolecular Hbond substituents is 1. The molecule has 39 heavy (non-hydrogen) atoms. The molecule has 0 bridgehead atoms. The SMILES string of the molecule is Cc1ccn2nc([C@H](C)Nc3ncnc4[nH]cc(C(=O)Nc5cccc(O)c5)c34)n(-c3ccccc3)c(=O)c12. The van der Waals surface area contributed by atoms with Gasteiger partial charge in [-0.1, -0.05) is 24.3 Å². The Labute approximate surface area is 221 Å². The second kappa shape index (κ2) is 9.45. The first-order valence-corrected chi connectivity index (χ1v) is 12.3. The number of carbonyl (C=O) groups excluding carboxylic acids is 1. The van der Waals surface area contributed by atoms with Crippen LogP contribution in [0.5, 0.6) is 5.75 Å². The van der Waals surface area contributed by atoms with E-state index in [1.165, 1.54) is 18.5 Å². The smallest absolute Gasteiger partial charge is 0.282 e. The largest absolute Gasteiger partial charge is 0.508 e. The van der Waals surface area contributed by atoms with Gasteiger partial charge in [-0.3, -0.25) is 14.2 Å². The summed E-state index contributed by atoms with van der Waals surface area (Å²) in [5.41, 5.74) is 3.04. The topological polar surface area (TPSA) is 142 Å². The third kappa shape index (κ3) is 4.25. The predicted molar refractivity (Wildman–Crippen MR) is 148 cm³/mol. The third-order valence-corrected chi connectivity index (χ3v) is 6.49. The fourth-order valence-corrected chi connectivity index (χ4v) is 4.64. The molecule has 4 aromatic heterocycles. The number of nitrogens with zero attached hydrogens (tertiary/aromatic N) is 5. The van der Waals surface area contributed by atoms with Gasteiger partial charge in [0, 0.05) is 24.1 Å². The number of anilines is 2. The van der Waals surface area contributed by atoms with Gasteiger partial charge in [-0.2, -0.15) is 5.10 Å². The first-order chi connectivity index (χ1) is 18.9. The number of phenols is 1. The second-order valence-corrected chi connectivity index (χ2v) is 9.14. The Morgan fingerprint density at radius 3 is 2.69 bits per heavy atom. The van der Waals surface area contributed by atoms with Gasteiger partial charge in [0.2, 0.25) is 0 Å². The lowest BCUT2D eigenvalue weighted by atomic mass is 10.2. The highest BCUT2D eigenvalue weighted by atomic mass is 16.3. The zero-order valence-electron chi connectivity index (χ0n) is 21.1. The highest BCUT2D eigenvalue weighted by molar-refractivity contribution is 6.14. The van der Waals surface area contributed by atoms with Crippen LogP contribution in [-0.4, -0.2) is 40.1 Å². The first kappa shape index (κ1) is 23.9. The molecular formula is C28H24N8O3. The minimum Gasteiger partial charge on any atom is -0.508 e. The molecule has 1 amide bonds. The molecule has 0 saturated carbocycles. The minimum atomic E-state index is -0.500. The fourth-order valence-electron chi connectivity index (χ4n) is 4.64. The molecule has 0 saturated heterocycles. The normalized spacial score (nSPS) is 12.1. The van der Waals surface area contributed by atoms with Gasteiger partial charge in [0.15, 0.2) is 5.82 Å². The number of aromatic nitrogens is 6.